The Morgan fingerprint density at radius 2 is 2.17 bits per heavy atom. The molecule has 0 spiro atoms. The van der Waals surface area contributed by atoms with E-state index in [0.29, 0.717) is 24.4 Å². The van der Waals surface area contributed by atoms with Crippen molar-refractivity contribution in [2.75, 3.05) is 13.2 Å². The minimum absolute atomic E-state index is 0.212. The number of benzene rings is 1. The predicted octanol–water partition coefficient (Wildman–Crippen LogP) is 2.00. The molecule has 0 aliphatic carbocycles. The molecule has 23 heavy (non-hydrogen) atoms. The van der Waals surface area contributed by atoms with Crippen molar-refractivity contribution in [3.63, 3.8) is 0 Å². The van der Waals surface area contributed by atoms with Gasteiger partial charge in [-0.2, -0.15) is 0 Å². The number of rotatable bonds is 4. The highest BCUT2D eigenvalue weighted by Gasteiger charge is 2.26. The quantitative estimate of drug-likeness (QED) is 0.633. The number of esters is 1. The molecule has 1 fully saturated rings. The smallest absolute Gasteiger partial charge is 0.331 e. The fraction of sp³-hybridized carbons (Fsp3) is 0.250. The Morgan fingerprint density at radius 3 is 2.91 bits per heavy atom. The van der Waals surface area contributed by atoms with Gasteiger partial charge in [-0.25, -0.2) is 9.78 Å². The Bertz CT molecular complexity index is 763. The van der Waals surface area contributed by atoms with Gasteiger partial charge in [-0.1, -0.05) is 12.1 Å². The summed E-state index contributed by atoms with van der Waals surface area (Å²) in [5.41, 5.74) is 0.869. The van der Waals surface area contributed by atoms with Gasteiger partial charge in [0.1, 0.15) is 5.01 Å². The van der Waals surface area contributed by atoms with E-state index >= 15 is 0 Å². The molecule has 2 amide bonds. The van der Waals surface area contributed by atoms with Crippen molar-refractivity contribution < 1.29 is 19.1 Å². The molecule has 3 rings (SSSR count). The summed E-state index contributed by atoms with van der Waals surface area (Å²) < 4.78 is 5.90. The maximum absolute atomic E-state index is 11.7. The lowest BCUT2D eigenvalue weighted by Gasteiger charge is -2.12. The predicted molar refractivity (Wildman–Crippen MR) is 85.6 cm³/mol. The minimum atomic E-state index is -0.635. The number of para-hydroxylation sites is 1. The maximum Gasteiger partial charge on any atom is 0.331 e. The molecule has 1 aromatic heterocycles. The number of likely N-dealkylation sites (tertiary alicyclic amines) is 1. The number of aromatic nitrogens is 1. The van der Waals surface area contributed by atoms with Crippen LogP contribution in [0, 0.1) is 0 Å². The highest BCUT2D eigenvalue weighted by atomic mass is 32.1. The van der Waals surface area contributed by atoms with Crippen LogP contribution in [0.3, 0.4) is 0 Å². The van der Waals surface area contributed by atoms with Gasteiger partial charge in [0.15, 0.2) is 6.61 Å². The molecular weight excluding hydrogens is 316 g/mol. The summed E-state index contributed by atoms with van der Waals surface area (Å²) >= 11 is 1.46. The zero-order valence-corrected chi connectivity index (χ0v) is 13.0. The summed E-state index contributed by atoms with van der Waals surface area (Å²) in [5, 5.41) is 0.684. The van der Waals surface area contributed by atoms with Crippen LogP contribution in [0.5, 0.6) is 0 Å². The zero-order chi connectivity index (χ0) is 16.2. The van der Waals surface area contributed by atoms with E-state index < -0.39 is 18.5 Å². The standard InChI is InChI=1S/C16H14N2O4S/c19-14-6-3-9-18(14)15(20)10-22-16(21)8-7-13-17-11-4-1-2-5-12(11)23-13/h1-2,4-5,7-8H,3,6,9-10H2. The second-order valence-corrected chi connectivity index (χ2v) is 6.07. The van der Waals surface area contributed by atoms with Gasteiger partial charge in [0.2, 0.25) is 5.91 Å². The van der Waals surface area contributed by atoms with Gasteiger partial charge in [-0.05, 0) is 24.6 Å². The maximum atomic E-state index is 11.7. The van der Waals surface area contributed by atoms with Crippen LogP contribution in [0.1, 0.15) is 17.8 Å². The number of amides is 2. The molecule has 2 aromatic rings. The molecule has 0 unspecified atom stereocenters. The highest BCUT2D eigenvalue weighted by molar-refractivity contribution is 7.19. The first-order valence-electron chi connectivity index (χ1n) is 7.17. The summed E-state index contributed by atoms with van der Waals surface area (Å²) in [6.07, 6.45) is 3.82. The highest BCUT2D eigenvalue weighted by Crippen LogP contribution is 2.22. The van der Waals surface area contributed by atoms with E-state index in [2.05, 4.69) is 4.98 Å². The van der Waals surface area contributed by atoms with Crippen LogP contribution in [-0.2, 0) is 19.1 Å². The molecule has 7 heteroatoms. The largest absolute Gasteiger partial charge is 0.452 e. The average molecular weight is 330 g/mol. The molecule has 1 aliphatic rings. The van der Waals surface area contributed by atoms with Crippen molar-refractivity contribution in [2.24, 2.45) is 0 Å². The molecule has 0 radical (unpaired) electrons. The van der Waals surface area contributed by atoms with Crippen molar-refractivity contribution in [2.45, 2.75) is 12.8 Å². The SMILES string of the molecule is O=C(C=Cc1nc2ccccc2s1)OCC(=O)N1CCCC1=O. The van der Waals surface area contributed by atoms with Crippen molar-refractivity contribution in [1.29, 1.82) is 0 Å². The summed E-state index contributed by atoms with van der Waals surface area (Å²) in [4.78, 5) is 40.3. The topological polar surface area (TPSA) is 76.6 Å². The number of thiazole rings is 1. The monoisotopic (exact) mass is 330 g/mol. The normalized spacial score (nSPS) is 14.8. The molecular formula is C16H14N2O4S. The van der Waals surface area contributed by atoms with E-state index in [1.165, 1.54) is 17.4 Å². The number of imide groups is 1. The third-order valence-corrected chi connectivity index (χ3v) is 4.39. The molecule has 118 valence electrons. The molecule has 6 nitrogen and oxygen atoms in total. The van der Waals surface area contributed by atoms with E-state index in [4.69, 9.17) is 4.74 Å². The van der Waals surface area contributed by atoms with Crippen LogP contribution in [0.25, 0.3) is 16.3 Å². The number of ether oxygens (including phenoxy) is 1. The summed E-state index contributed by atoms with van der Waals surface area (Å²) in [6, 6.07) is 7.67. The van der Waals surface area contributed by atoms with Gasteiger partial charge in [0.05, 0.1) is 10.2 Å². The number of nitrogens with zero attached hydrogens (tertiary/aromatic N) is 2. The van der Waals surface area contributed by atoms with E-state index in [0.717, 1.165) is 15.1 Å². The molecule has 0 bridgehead atoms. The molecule has 1 saturated heterocycles. The van der Waals surface area contributed by atoms with Gasteiger partial charge < -0.3 is 4.74 Å². The lowest BCUT2D eigenvalue weighted by Crippen LogP contribution is -2.35. The first-order chi connectivity index (χ1) is 11.1. The van der Waals surface area contributed by atoms with E-state index in [9.17, 15) is 14.4 Å². The van der Waals surface area contributed by atoms with Crippen LogP contribution in [0.2, 0.25) is 0 Å². The Hall–Kier alpha value is -2.54. The molecule has 0 atom stereocenters. The first-order valence-corrected chi connectivity index (χ1v) is 7.99. The molecule has 0 N–H and O–H groups in total. The lowest BCUT2D eigenvalue weighted by atomic mass is 10.3. The average Bonchev–Trinajstić information content (AvgIpc) is 3.16. The fourth-order valence-corrected chi connectivity index (χ4v) is 3.14. The van der Waals surface area contributed by atoms with Crippen molar-refractivity contribution in [3.05, 3.63) is 35.3 Å². The van der Waals surface area contributed by atoms with Crippen LogP contribution < -0.4 is 0 Å². The van der Waals surface area contributed by atoms with Crippen LogP contribution in [0.15, 0.2) is 30.3 Å². The van der Waals surface area contributed by atoms with E-state index in [1.807, 2.05) is 24.3 Å². The number of carbonyl (C=O) groups is 3. The minimum Gasteiger partial charge on any atom is -0.452 e. The van der Waals surface area contributed by atoms with E-state index in [1.54, 1.807) is 6.08 Å². The Morgan fingerprint density at radius 1 is 1.35 bits per heavy atom. The van der Waals surface area contributed by atoms with Crippen LogP contribution in [0.4, 0.5) is 0 Å². The van der Waals surface area contributed by atoms with Gasteiger partial charge in [-0.3, -0.25) is 14.5 Å². The second kappa shape index (κ2) is 6.70. The summed E-state index contributed by atoms with van der Waals surface area (Å²) in [6.45, 7) is -0.0223. The Labute approximate surface area is 136 Å². The van der Waals surface area contributed by atoms with Crippen LogP contribution in [-0.4, -0.2) is 40.8 Å². The van der Waals surface area contributed by atoms with Gasteiger partial charge >= 0.3 is 5.97 Å². The fourth-order valence-electron chi connectivity index (χ4n) is 2.27. The zero-order valence-electron chi connectivity index (χ0n) is 12.2. The summed E-state index contributed by atoms with van der Waals surface area (Å²) in [7, 11) is 0. The third-order valence-electron chi connectivity index (χ3n) is 3.38. The van der Waals surface area contributed by atoms with Crippen LogP contribution >= 0.6 is 11.3 Å². The number of carbonyl (C=O) groups excluding carboxylic acids is 3. The summed E-state index contributed by atoms with van der Waals surface area (Å²) in [5.74, 6) is -1.32. The first kappa shape index (κ1) is 15.4. The molecule has 1 aliphatic heterocycles. The Kier molecular flexibility index (Phi) is 4.47. The lowest BCUT2D eigenvalue weighted by molar-refractivity contribution is -0.151. The third kappa shape index (κ3) is 3.62. The van der Waals surface area contributed by atoms with Crippen molar-refractivity contribution in [1.82, 2.24) is 9.88 Å². The molecule has 2 heterocycles. The van der Waals surface area contributed by atoms with Gasteiger partial charge in [-0.15, -0.1) is 11.3 Å². The van der Waals surface area contributed by atoms with Gasteiger partial charge in [0, 0.05) is 19.0 Å². The van der Waals surface area contributed by atoms with Crippen molar-refractivity contribution >= 4 is 45.4 Å². The number of fused-ring (bicyclic) bond motifs is 1. The van der Waals surface area contributed by atoms with E-state index in [-0.39, 0.29) is 5.91 Å². The van der Waals surface area contributed by atoms with Gasteiger partial charge in [0.25, 0.3) is 5.91 Å². The van der Waals surface area contributed by atoms with Crippen molar-refractivity contribution in [3.8, 4) is 0 Å². The molecule has 0 saturated carbocycles. The Balaban J connectivity index is 1.54. The molecule has 1 aromatic carbocycles. The second-order valence-electron chi connectivity index (χ2n) is 5.00. The number of hydrogen-bond donors (Lipinski definition) is 0. The number of hydrogen-bond acceptors (Lipinski definition) is 6.